The van der Waals surface area contributed by atoms with E-state index in [9.17, 15) is 14.9 Å². The van der Waals surface area contributed by atoms with Gasteiger partial charge in [0.25, 0.3) is 5.69 Å². The molecular formula is C21H17NO6. The Hall–Kier alpha value is -3.87. The Balaban J connectivity index is 1.62. The zero-order valence-electron chi connectivity index (χ0n) is 14.8. The molecular weight excluding hydrogens is 362 g/mol. The van der Waals surface area contributed by atoms with Crippen molar-refractivity contribution in [3.8, 4) is 17.2 Å². The Bertz CT molecular complexity index is 958. The Morgan fingerprint density at radius 2 is 1.50 bits per heavy atom. The van der Waals surface area contributed by atoms with Crippen LogP contribution in [0.3, 0.4) is 0 Å². The van der Waals surface area contributed by atoms with Gasteiger partial charge in [0.05, 0.1) is 11.0 Å². The van der Waals surface area contributed by atoms with Gasteiger partial charge in [-0.05, 0) is 30.3 Å². The lowest BCUT2D eigenvalue weighted by Gasteiger charge is -2.12. The number of carbonyl (C=O) groups is 1. The number of benzene rings is 3. The molecule has 0 amide bonds. The smallest absolute Gasteiger partial charge is 0.347 e. The SMILES string of the molecule is O=C(Oc1cccc([N+](=O)[O-])c1)c1ccccc1OCCOc1ccccc1. The van der Waals surface area contributed by atoms with Gasteiger partial charge in [-0.2, -0.15) is 0 Å². The molecule has 7 nitrogen and oxygen atoms in total. The van der Waals surface area contributed by atoms with Crippen LogP contribution in [0.25, 0.3) is 0 Å². The minimum atomic E-state index is -0.667. The highest BCUT2D eigenvalue weighted by molar-refractivity contribution is 5.94. The van der Waals surface area contributed by atoms with Gasteiger partial charge in [-0.25, -0.2) is 4.79 Å². The molecule has 7 heteroatoms. The number of para-hydroxylation sites is 2. The number of hydrogen-bond acceptors (Lipinski definition) is 6. The minimum absolute atomic E-state index is 0.0846. The first kappa shape index (κ1) is 18.9. The first-order valence-corrected chi connectivity index (χ1v) is 8.50. The van der Waals surface area contributed by atoms with Gasteiger partial charge in [-0.15, -0.1) is 0 Å². The molecule has 3 rings (SSSR count). The van der Waals surface area contributed by atoms with Crippen LogP contribution in [0.5, 0.6) is 17.2 Å². The van der Waals surface area contributed by atoms with Crippen molar-refractivity contribution < 1.29 is 23.9 Å². The fourth-order valence-electron chi connectivity index (χ4n) is 2.41. The van der Waals surface area contributed by atoms with Gasteiger partial charge >= 0.3 is 5.97 Å². The summed E-state index contributed by atoms with van der Waals surface area (Å²) < 4.78 is 16.5. The fourth-order valence-corrected chi connectivity index (χ4v) is 2.41. The van der Waals surface area contributed by atoms with Crippen molar-refractivity contribution in [2.45, 2.75) is 0 Å². The molecule has 0 spiro atoms. The summed E-state index contributed by atoms with van der Waals surface area (Å²) >= 11 is 0. The molecule has 0 bridgehead atoms. The third kappa shape index (κ3) is 5.07. The van der Waals surface area contributed by atoms with Crippen molar-refractivity contribution >= 4 is 11.7 Å². The molecule has 0 aliphatic carbocycles. The second kappa shape index (κ2) is 9.18. The lowest BCUT2D eigenvalue weighted by atomic mass is 10.2. The van der Waals surface area contributed by atoms with Crippen LogP contribution in [0.15, 0.2) is 78.9 Å². The number of ether oxygens (including phenoxy) is 3. The number of rotatable bonds is 8. The topological polar surface area (TPSA) is 87.9 Å². The molecule has 0 saturated carbocycles. The molecule has 0 radical (unpaired) electrons. The average Bonchev–Trinajstić information content (AvgIpc) is 2.72. The maximum Gasteiger partial charge on any atom is 0.347 e. The summed E-state index contributed by atoms with van der Waals surface area (Å²) in [6.45, 7) is 0.536. The summed E-state index contributed by atoms with van der Waals surface area (Å²) in [5, 5.41) is 10.8. The van der Waals surface area contributed by atoms with Crippen molar-refractivity contribution in [1.82, 2.24) is 0 Å². The maximum absolute atomic E-state index is 12.5. The highest BCUT2D eigenvalue weighted by Gasteiger charge is 2.16. The second-order valence-corrected chi connectivity index (χ2v) is 5.65. The number of nitro benzene ring substituents is 1. The lowest BCUT2D eigenvalue weighted by molar-refractivity contribution is -0.384. The van der Waals surface area contributed by atoms with Gasteiger partial charge in [0, 0.05) is 6.07 Å². The largest absolute Gasteiger partial charge is 0.490 e. The average molecular weight is 379 g/mol. The van der Waals surface area contributed by atoms with Crippen molar-refractivity contribution in [2.24, 2.45) is 0 Å². The number of carbonyl (C=O) groups excluding carboxylic acids is 1. The predicted molar refractivity (Wildman–Crippen MR) is 102 cm³/mol. The number of nitro groups is 1. The van der Waals surface area contributed by atoms with Crippen LogP contribution < -0.4 is 14.2 Å². The monoisotopic (exact) mass is 379 g/mol. The first-order chi connectivity index (χ1) is 13.6. The van der Waals surface area contributed by atoms with Crippen molar-refractivity contribution in [2.75, 3.05) is 13.2 Å². The maximum atomic E-state index is 12.5. The van der Waals surface area contributed by atoms with E-state index >= 15 is 0 Å². The number of esters is 1. The minimum Gasteiger partial charge on any atom is -0.490 e. The summed E-state index contributed by atoms with van der Waals surface area (Å²) in [7, 11) is 0. The van der Waals surface area contributed by atoms with Gasteiger partial charge in [0.2, 0.25) is 0 Å². The van der Waals surface area contributed by atoms with E-state index in [2.05, 4.69) is 0 Å². The first-order valence-electron chi connectivity index (χ1n) is 8.50. The Morgan fingerprint density at radius 1 is 0.821 bits per heavy atom. The molecule has 3 aromatic carbocycles. The van der Waals surface area contributed by atoms with Crippen LogP contribution in [-0.4, -0.2) is 24.1 Å². The van der Waals surface area contributed by atoms with E-state index in [1.54, 1.807) is 24.3 Å². The highest BCUT2D eigenvalue weighted by Crippen LogP contribution is 2.23. The molecule has 0 aliphatic heterocycles. The second-order valence-electron chi connectivity index (χ2n) is 5.65. The molecule has 28 heavy (non-hydrogen) atoms. The van der Waals surface area contributed by atoms with E-state index in [-0.39, 0.29) is 23.6 Å². The van der Waals surface area contributed by atoms with Crippen LogP contribution in [-0.2, 0) is 0 Å². The summed E-state index contributed by atoms with van der Waals surface area (Å²) in [6.07, 6.45) is 0. The lowest BCUT2D eigenvalue weighted by Crippen LogP contribution is -2.14. The van der Waals surface area contributed by atoms with E-state index in [4.69, 9.17) is 14.2 Å². The summed E-state index contributed by atoms with van der Waals surface area (Å²) in [4.78, 5) is 22.8. The molecule has 142 valence electrons. The highest BCUT2D eigenvalue weighted by atomic mass is 16.6. The molecule has 0 unspecified atom stereocenters. The molecule has 0 saturated heterocycles. The molecule has 3 aromatic rings. The third-order valence-corrected chi connectivity index (χ3v) is 3.70. The molecule has 0 atom stereocenters. The fraction of sp³-hybridized carbons (Fsp3) is 0.0952. The quantitative estimate of drug-likeness (QED) is 0.191. The summed E-state index contributed by atoms with van der Waals surface area (Å²) in [5.74, 6) is 0.487. The Labute approximate surface area is 161 Å². The van der Waals surface area contributed by atoms with Crippen LogP contribution in [0.4, 0.5) is 5.69 Å². The van der Waals surface area contributed by atoms with Crippen LogP contribution in [0.2, 0.25) is 0 Å². The Morgan fingerprint density at radius 3 is 2.29 bits per heavy atom. The van der Waals surface area contributed by atoms with E-state index in [1.807, 2.05) is 30.3 Å². The number of nitrogens with zero attached hydrogens (tertiary/aromatic N) is 1. The normalized spacial score (nSPS) is 10.1. The molecule has 0 aromatic heterocycles. The van der Waals surface area contributed by atoms with E-state index in [1.165, 1.54) is 24.3 Å². The van der Waals surface area contributed by atoms with Crippen LogP contribution >= 0.6 is 0 Å². The summed E-state index contributed by atoms with van der Waals surface area (Å²) in [5.41, 5.74) is 0.0570. The van der Waals surface area contributed by atoms with Gasteiger partial charge in [-0.3, -0.25) is 10.1 Å². The van der Waals surface area contributed by atoms with E-state index in [0.717, 1.165) is 5.75 Å². The third-order valence-electron chi connectivity index (χ3n) is 3.70. The van der Waals surface area contributed by atoms with Crippen LogP contribution in [0.1, 0.15) is 10.4 Å². The molecule has 0 aliphatic rings. The van der Waals surface area contributed by atoms with Gasteiger partial charge in [0.15, 0.2) is 0 Å². The van der Waals surface area contributed by atoms with E-state index in [0.29, 0.717) is 12.4 Å². The van der Waals surface area contributed by atoms with Crippen LogP contribution in [0, 0.1) is 10.1 Å². The van der Waals surface area contributed by atoms with Crippen molar-refractivity contribution in [3.05, 3.63) is 94.5 Å². The number of non-ortho nitro benzene ring substituents is 1. The number of hydrogen-bond donors (Lipinski definition) is 0. The van der Waals surface area contributed by atoms with Gasteiger partial charge in [0.1, 0.15) is 36.0 Å². The zero-order valence-corrected chi connectivity index (χ0v) is 14.8. The zero-order chi connectivity index (χ0) is 19.8. The van der Waals surface area contributed by atoms with Crippen molar-refractivity contribution in [1.29, 1.82) is 0 Å². The molecule has 0 heterocycles. The molecule has 0 N–H and O–H groups in total. The van der Waals surface area contributed by atoms with Gasteiger partial charge in [-0.1, -0.05) is 36.4 Å². The molecule has 0 fully saturated rings. The Kier molecular flexibility index (Phi) is 6.20. The standard InChI is InChI=1S/C21H17NO6/c23-21(28-18-10-6-7-16(15-18)22(24)25)19-11-4-5-12-20(19)27-14-13-26-17-8-2-1-3-9-17/h1-12,15H,13-14H2. The van der Waals surface area contributed by atoms with Crippen molar-refractivity contribution in [3.63, 3.8) is 0 Å². The van der Waals surface area contributed by atoms with Gasteiger partial charge < -0.3 is 14.2 Å². The summed E-state index contributed by atoms with van der Waals surface area (Å²) in [6, 6.07) is 21.4. The predicted octanol–water partition coefficient (Wildman–Crippen LogP) is 4.27. The van der Waals surface area contributed by atoms with E-state index < -0.39 is 10.9 Å².